The summed E-state index contributed by atoms with van der Waals surface area (Å²) in [6, 6.07) is 15.7. The van der Waals surface area contributed by atoms with Crippen molar-refractivity contribution in [2.45, 2.75) is 76.9 Å². The summed E-state index contributed by atoms with van der Waals surface area (Å²) < 4.78 is 6.34. The van der Waals surface area contributed by atoms with Gasteiger partial charge in [-0.15, -0.1) is 18.3 Å². The summed E-state index contributed by atoms with van der Waals surface area (Å²) in [6.45, 7) is 12.5. The highest BCUT2D eigenvalue weighted by atomic mass is 32.2. The van der Waals surface area contributed by atoms with E-state index >= 15 is 0 Å². The van der Waals surface area contributed by atoms with Gasteiger partial charge < -0.3 is 15.2 Å². The minimum Gasteiger partial charge on any atom is -0.461 e. The van der Waals surface area contributed by atoms with Gasteiger partial charge in [-0.25, -0.2) is 0 Å². The lowest BCUT2D eigenvalue weighted by molar-refractivity contribution is -0.205. The molecule has 8 atom stereocenters. The molecule has 3 saturated carbocycles. The molecule has 232 valence electrons. The summed E-state index contributed by atoms with van der Waals surface area (Å²) in [5.74, 6) is -0.459. The lowest BCUT2D eigenvalue weighted by atomic mass is 9.44. The van der Waals surface area contributed by atoms with E-state index in [1.165, 1.54) is 11.8 Å². The molecule has 0 heterocycles. The van der Waals surface area contributed by atoms with Crippen molar-refractivity contribution >= 4 is 35.1 Å². The molecule has 7 nitrogen and oxygen atoms in total. The zero-order valence-electron chi connectivity index (χ0n) is 26.0. The van der Waals surface area contributed by atoms with Gasteiger partial charge in [0.1, 0.15) is 11.9 Å². The number of rotatable bonds is 7. The summed E-state index contributed by atoms with van der Waals surface area (Å²) in [7, 11) is 0. The van der Waals surface area contributed by atoms with Gasteiger partial charge in [-0.3, -0.25) is 14.4 Å². The van der Waals surface area contributed by atoms with E-state index in [2.05, 4.69) is 32.7 Å². The molecule has 1 amide bonds. The Bertz CT molecular complexity index is 1480. The van der Waals surface area contributed by atoms with E-state index in [9.17, 15) is 19.5 Å². The number of esters is 1. The van der Waals surface area contributed by atoms with E-state index in [-0.39, 0.29) is 46.6 Å². The topological polar surface area (TPSA) is 116 Å². The third-order valence-corrected chi connectivity index (χ3v) is 12.3. The second-order valence-electron chi connectivity index (χ2n) is 13.5. The SMILES string of the molecule is C=C[C@]1(C)C[C@@H](OC(=O)CSc2ccc(NC(=O)c3ccc(C#N)cc3)cc2)[C@]2(C)[C@H](C)CC[C@]3(CCC(=O)[C@H]32)[C@@H](C)[C@@H]1O. The lowest BCUT2D eigenvalue weighted by Crippen LogP contribution is -2.63. The van der Waals surface area contributed by atoms with Crippen molar-refractivity contribution in [3.05, 3.63) is 72.3 Å². The standard InChI is InChI=1S/C36H42N2O5S/c1-6-34(4)19-29(35(5)22(2)15-17-36(23(3)32(34)41)18-16-28(39)31(35)36)43-30(40)21-44-27-13-11-26(12-14-27)38-33(42)25-9-7-24(20-37)8-10-25/h6-14,22-23,29,31-32,41H,1,15-19,21H2,2-5H3,(H,38,42)/t22-,23+,29-,31+,32+,34-,35+,36+/m1/s1. The van der Waals surface area contributed by atoms with Gasteiger partial charge in [0.2, 0.25) is 0 Å². The minimum atomic E-state index is -0.696. The Morgan fingerprint density at radius 1 is 1.14 bits per heavy atom. The van der Waals surface area contributed by atoms with E-state index in [4.69, 9.17) is 10.00 Å². The lowest BCUT2D eigenvalue weighted by Gasteiger charge is -2.61. The van der Waals surface area contributed by atoms with Crippen LogP contribution in [0.2, 0.25) is 0 Å². The van der Waals surface area contributed by atoms with Crippen molar-refractivity contribution < 1.29 is 24.2 Å². The van der Waals surface area contributed by atoms with E-state index < -0.39 is 23.0 Å². The molecule has 0 aliphatic heterocycles. The molecule has 2 aromatic rings. The monoisotopic (exact) mass is 614 g/mol. The number of aliphatic hydroxyl groups excluding tert-OH is 1. The molecule has 2 bridgehead atoms. The van der Waals surface area contributed by atoms with E-state index in [0.717, 1.165) is 24.2 Å². The fourth-order valence-corrected chi connectivity index (χ4v) is 9.05. The van der Waals surface area contributed by atoms with Gasteiger partial charge in [-0.05, 0) is 91.5 Å². The average Bonchev–Trinajstić information content (AvgIpc) is 3.38. The van der Waals surface area contributed by atoms with Crippen molar-refractivity contribution in [1.82, 2.24) is 0 Å². The number of Topliss-reactive ketones (excluding diaryl/α,β-unsaturated/α-hetero) is 1. The van der Waals surface area contributed by atoms with Crippen molar-refractivity contribution in [2.24, 2.45) is 34.0 Å². The molecule has 44 heavy (non-hydrogen) atoms. The van der Waals surface area contributed by atoms with Crippen LogP contribution in [0.5, 0.6) is 0 Å². The number of aliphatic hydroxyl groups is 1. The Labute approximate surface area is 264 Å². The van der Waals surface area contributed by atoms with Crippen LogP contribution in [0.4, 0.5) is 5.69 Å². The molecule has 2 N–H and O–H groups in total. The van der Waals surface area contributed by atoms with Crippen molar-refractivity contribution in [3.63, 3.8) is 0 Å². The Hall–Kier alpha value is -3.41. The first kappa shape index (κ1) is 32.0. The normalized spacial score (nSPS) is 34.5. The maximum absolute atomic E-state index is 13.6. The van der Waals surface area contributed by atoms with Crippen LogP contribution in [-0.2, 0) is 14.3 Å². The predicted octanol–water partition coefficient (Wildman–Crippen LogP) is 6.81. The minimum absolute atomic E-state index is 0.0714. The molecule has 0 unspecified atom stereocenters. The summed E-state index contributed by atoms with van der Waals surface area (Å²) in [4.78, 5) is 40.4. The number of nitriles is 1. The molecular formula is C36H42N2O5S. The first-order valence-corrected chi connectivity index (χ1v) is 16.4. The Morgan fingerprint density at radius 2 is 1.82 bits per heavy atom. The fraction of sp³-hybridized carbons (Fsp3) is 0.500. The van der Waals surface area contributed by atoms with E-state index in [1.54, 1.807) is 36.4 Å². The molecule has 3 aliphatic carbocycles. The molecule has 3 fully saturated rings. The molecule has 2 aromatic carbocycles. The van der Waals surface area contributed by atoms with Crippen LogP contribution in [0.25, 0.3) is 0 Å². The third-order valence-electron chi connectivity index (χ3n) is 11.3. The number of nitrogens with one attached hydrogen (secondary N) is 1. The van der Waals surface area contributed by atoms with Crippen molar-refractivity contribution in [1.29, 1.82) is 5.26 Å². The predicted molar refractivity (Wildman–Crippen MR) is 171 cm³/mol. The fourth-order valence-electron chi connectivity index (χ4n) is 8.37. The first-order valence-electron chi connectivity index (χ1n) is 15.5. The zero-order chi connectivity index (χ0) is 31.9. The molecular weight excluding hydrogens is 572 g/mol. The van der Waals surface area contributed by atoms with Crippen LogP contribution in [-0.4, -0.2) is 40.7 Å². The summed E-state index contributed by atoms with van der Waals surface area (Å²) in [5, 5.41) is 23.5. The van der Waals surface area contributed by atoms with Crippen LogP contribution in [0.3, 0.4) is 0 Å². The van der Waals surface area contributed by atoms with Gasteiger partial charge in [-0.1, -0.05) is 33.8 Å². The average molecular weight is 615 g/mol. The van der Waals surface area contributed by atoms with Crippen molar-refractivity contribution in [2.75, 3.05) is 11.1 Å². The molecule has 0 saturated heterocycles. The largest absolute Gasteiger partial charge is 0.461 e. The second-order valence-corrected chi connectivity index (χ2v) is 14.6. The van der Waals surface area contributed by atoms with Gasteiger partial charge in [-0.2, -0.15) is 5.26 Å². The van der Waals surface area contributed by atoms with E-state index in [1.807, 2.05) is 31.2 Å². The van der Waals surface area contributed by atoms with Gasteiger partial charge >= 0.3 is 5.97 Å². The Kier molecular flexibility index (Phi) is 8.85. The maximum atomic E-state index is 13.6. The number of ketones is 1. The number of hydrogen-bond acceptors (Lipinski definition) is 7. The molecule has 0 radical (unpaired) electrons. The zero-order valence-corrected chi connectivity index (χ0v) is 26.8. The highest BCUT2D eigenvalue weighted by molar-refractivity contribution is 8.00. The smallest absolute Gasteiger partial charge is 0.316 e. The first-order chi connectivity index (χ1) is 20.9. The van der Waals surface area contributed by atoms with Gasteiger partial charge in [0.15, 0.2) is 0 Å². The molecule has 0 aromatic heterocycles. The Morgan fingerprint density at radius 3 is 2.45 bits per heavy atom. The van der Waals surface area contributed by atoms with Crippen molar-refractivity contribution in [3.8, 4) is 6.07 Å². The number of thioether (sulfide) groups is 1. The molecule has 5 rings (SSSR count). The van der Waals surface area contributed by atoms with Gasteiger partial charge in [0.25, 0.3) is 5.91 Å². The Balaban J connectivity index is 1.29. The molecule has 0 spiro atoms. The van der Waals surface area contributed by atoms with Crippen LogP contribution in [0.1, 0.15) is 75.7 Å². The number of anilines is 1. The van der Waals surface area contributed by atoms with Crippen LogP contribution >= 0.6 is 11.8 Å². The van der Waals surface area contributed by atoms with Crippen LogP contribution in [0.15, 0.2) is 66.1 Å². The molecule has 8 heteroatoms. The van der Waals surface area contributed by atoms with E-state index in [0.29, 0.717) is 29.7 Å². The number of hydrogen-bond donors (Lipinski definition) is 2. The van der Waals surface area contributed by atoms with Crippen LogP contribution < -0.4 is 5.32 Å². The summed E-state index contributed by atoms with van der Waals surface area (Å²) >= 11 is 1.35. The van der Waals surface area contributed by atoms with Gasteiger partial charge in [0, 0.05) is 39.3 Å². The highest BCUT2D eigenvalue weighted by Crippen LogP contribution is 2.68. The molecule has 3 aliphatic rings. The number of nitrogens with zero attached hydrogens (tertiary/aromatic N) is 1. The number of carbonyl (C=O) groups excluding carboxylic acids is 3. The number of amides is 1. The third kappa shape index (κ3) is 5.50. The van der Waals surface area contributed by atoms with Crippen LogP contribution in [0, 0.1) is 45.3 Å². The summed E-state index contributed by atoms with van der Waals surface area (Å²) in [5.41, 5.74) is 0.0315. The number of ether oxygens (including phenoxy) is 1. The maximum Gasteiger partial charge on any atom is 0.316 e. The number of benzene rings is 2. The highest BCUT2D eigenvalue weighted by Gasteiger charge is 2.68. The number of carbonyl (C=O) groups is 3. The second kappa shape index (κ2) is 12.2. The quantitative estimate of drug-likeness (QED) is 0.200. The summed E-state index contributed by atoms with van der Waals surface area (Å²) in [6.07, 6.45) is 4.08. The van der Waals surface area contributed by atoms with Gasteiger partial charge in [0.05, 0.1) is 23.5 Å².